The number of rotatable bonds is 3. The van der Waals surface area contributed by atoms with E-state index >= 15 is 0 Å². The number of hydrogen-bond donors (Lipinski definition) is 1. The lowest BCUT2D eigenvalue weighted by molar-refractivity contribution is -0.144. The van der Waals surface area contributed by atoms with Crippen LogP contribution in [0.1, 0.15) is 31.2 Å². The third-order valence-corrected chi connectivity index (χ3v) is 5.11. The molecule has 1 spiro atoms. The van der Waals surface area contributed by atoms with E-state index in [1.54, 1.807) is 7.05 Å². The number of piperidine rings is 1. The summed E-state index contributed by atoms with van der Waals surface area (Å²) in [6, 6.07) is 4.13. The molecule has 5 heteroatoms. The van der Waals surface area contributed by atoms with Gasteiger partial charge < -0.3 is 10.1 Å². The van der Waals surface area contributed by atoms with Gasteiger partial charge in [0.25, 0.3) is 0 Å². The van der Waals surface area contributed by atoms with Gasteiger partial charge in [0.05, 0.1) is 6.61 Å². The summed E-state index contributed by atoms with van der Waals surface area (Å²) in [4.78, 5) is 18.3. The predicted octanol–water partition coefficient (Wildman–Crippen LogP) is 1.59. The van der Waals surface area contributed by atoms with E-state index in [4.69, 9.17) is 4.74 Å². The summed E-state index contributed by atoms with van der Waals surface area (Å²) < 4.78 is 5.84. The van der Waals surface area contributed by atoms with Crippen molar-refractivity contribution in [2.45, 2.75) is 38.3 Å². The highest BCUT2D eigenvalue weighted by Gasteiger charge is 2.40. The summed E-state index contributed by atoms with van der Waals surface area (Å²) >= 11 is 0. The quantitative estimate of drug-likeness (QED) is 0.921. The summed E-state index contributed by atoms with van der Waals surface area (Å²) in [5.41, 5.74) is 1.56. The minimum atomic E-state index is -0.246. The largest absolute Gasteiger partial charge is 0.368 e. The van der Waals surface area contributed by atoms with Crippen LogP contribution in [0, 0.1) is 5.41 Å². The fourth-order valence-corrected chi connectivity index (χ4v) is 3.57. The zero-order valence-electron chi connectivity index (χ0n) is 13.3. The van der Waals surface area contributed by atoms with E-state index < -0.39 is 0 Å². The van der Waals surface area contributed by atoms with Crippen LogP contribution in [0.2, 0.25) is 0 Å². The molecule has 1 aromatic rings. The van der Waals surface area contributed by atoms with Crippen molar-refractivity contribution in [3.05, 3.63) is 30.1 Å². The maximum absolute atomic E-state index is 11.6. The van der Waals surface area contributed by atoms with Crippen molar-refractivity contribution in [3.8, 4) is 0 Å². The summed E-state index contributed by atoms with van der Waals surface area (Å²) in [7, 11) is 1.67. The van der Waals surface area contributed by atoms with Gasteiger partial charge in [-0.2, -0.15) is 0 Å². The molecule has 0 aliphatic carbocycles. The first-order chi connectivity index (χ1) is 10.7. The smallest absolute Gasteiger partial charge is 0.248 e. The van der Waals surface area contributed by atoms with Crippen LogP contribution < -0.4 is 5.32 Å². The monoisotopic (exact) mass is 303 g/mol. The Morgan fingerprint density at radius 2 is 2.27 bits per heavy atom. The summed E-state index contributed by atoms with van der Waals surface area (Å²) in [6.07, 6.45) is 7.79. The van der Waals surface area contributed by atoms with Gasteiger partial charge in [0.15, 0.2) is 0 Å². The number of amides is 1. The third kappa shape index (κ3) is 3.47. The molecule has 120 valence electrons. The van der Waals surface area contributed by atoms with Gasteiger partial charge in [-0.1, -0.05) is 6.07 Å². The number of pyridine rings is 1. The van der Waals surface area contributed by atoms with Crippen LogP contribution in [-0.2, 0) is 16.1 Å². The van der Waals surface area contributed by atoms with E-state index in [0.29, 0.717) is 0 Å². The molecule has 0 radical (unpaired) electrons. The highest BCUT2D eigenvalue weighted by Crippen LogP contribution is 2.40. The standard InChI is InChI=1S/C17H25N3O2/c1-18-16(21)15-4-5-17(13-22-15)6-9-20(10-7-17)12-14-3-2-8-19-11-14/h2-3,8,11,15H,4-7,9-10,12-13H2,1H3,(H,18,21). The van der Waals surface area contributed by atoms with Crippen molar-refractivity contribution in [2.75, 3.05) is 26.7 Å². The van der Waals surface area contributed by atoms with Crippen molar-refractivity contribution < 1.29 is 9.53 Å². The van der Waals surface area contributed by atoms with Crippen molar-refractivity contribution in [1.82, 2.24) is 15.2 Å². The Labute approximate surface area is 132 Å². The normalized spacial score (nSPS) is 25.0. The lowest BCUT2D eigenvalue weighted by Crippen LogP contribution is -2.48. The van der Waals surface area contributed by atoms with Crippen LogP contribution in [0.25, 0.3) is 0 Å². The second kappa shape index (κ2) is 6.75. The van der Waals surface area contributed by atoms with Crippen LogP contribution in [0.5, 0.6) is 0 Å². The molecule has 2 fully saturated rings. The first-order valence-electron chi connectivity index (χ1n) is 8.15. The number of carbonyl (C=O) groups is 1. The SMILES string of the molecule is CNC(=O)C1CCC2(CCN(Cc3cccnc3)CC2)CO1. The molecule has 22 heavy (non-hydrogen) atoms. The minimum absolute atomic E-state index is 0.0175. The molecule has 1 unspecified atom stereocenters. The van der Waals surface area contributed by atoms with Crippen LogP contribution in [0.3, 0.4) is 0 Å². The van der Waals surface area contributed by atoms with Crippen molar-refractivity contribution in [2.24, 2.45) is 5.41 Å². The van der Waals surface area contributed by atoms with Crippen LogP contribution in [0.4, 0.5) is 0 Å². The molecule has 3 rings (SSSR count). The zero-order valence-corrected chi connectivity index (χ0v) is 13.3. The Morgan fingerprint density at radius 1 is 1.45 bits per heavy atom. The second-order valence-corrected chi connectivity index (χ2v) is 6.59. The Bertz CT molecular complexity index is 488. The van der Waals surface area contributed by atoms with Crippen LogP contribution >= 0.6 is 0 Å². The lowest BCUT2D eigenvalue weighted by Gasteiger charge is -2.45. The molecule has 0 saturated carbocycles. The topological polar surface area (TPSA) is 54.5 Å². The third-order valence-electron chi connectivity index (χ3n) is 5.11. The maximum Gasteiger partial charge on any atom is 0.248 e. The molecule has 0 bridgehead atoms. The van der Waals surface area contributed by atoms with Gasteiger partial charge in [0.1, 0.15) is 6.10 Å². The Hall–Kier alpha value is -1.46. The van der Waals surface area contributed by atoms with Crippen LogP contribution in [-0.4, -0.2) is 48.6 Å². The molecule has 1 atom stereocenters. The van der Waals surface area contributed by atoms with Gasteiger partial charge in [0, 0.05) is 26.0 Å². The average molecular weight is 303 g/mol. The molecule has 1 N–H and O–H groups in total. The van der Waals surface area contributed by atoms with E-state index in [9.17, 15) is 4.79 Å². The van der Waals surface area contributed by atoms with Crippen molar-refractivity contribution in [1.29, 1.82) is 0 Å². The number of nitrogens with zero attached hydrogens (tertiary/aromatic N) is 2. The first kappa shape index (κ1) is 15.4. The van der Waals surface area contributed by atoms with Gasteiger partial charge in [0.2, 0.25) is 5.91 Å². The van der Waals surface area contributed by atoms with E-state index in [1.165, 1.54) is 5.56 Å². The van der Waals surface area contributed by atoms with E-state index in [0.717, 1.165) is 51.9 Å². The highest BCUT2D eigenvalue weighted by molar-refractivity contribution is 5.80. The van der Waals surface area contributed by atoms with Gasteiger partial charge >= 0.3 is 0 Å². The second-order valence-electron chi connectivity index (χ2n) is 6.59. The van der Waals surface area contributed by atoms with Crippen molar-refractivity contribution >= 4 is 5.91 Å². The number of carbonyl (C=O) groups excluding carboxylic acids is 1. The summed E-state index contributed by atoms with van der Waals surface area (Å²) in [5.74, 6) is 0.0175. The van der Waals surface area contributed by atoms with Gasteiger partial charge in [-0.25, -0.2) is 0 Å². The highest BCUT2D eigenvalue weighted by atomic mass is 16.5. The molecule has 0 aromatic carbocycles. The molecule has 2 aliphatic heterocycles. The number of likely N-dealkylation sites (tertiary alicyclic amines) is 1. The molecular weight excluding hydrogens is 278 g/mol. The van der Waals surface area contributed by atoms with Gasteiger partial charge in [-0.3, -0.25) is 14.7 Å². The number of ether oxygens (including phenoxy) is 1. The van der Waals surface area contributed by atoms with E-state index in [-0.39, 0.29) is 17.4 Å². The molecule has 3 heterocycles. The maximum atomic E-state index is 11.6. The Kier molecular flexibility index (Phi) is 4.74. The molecule has 2 saturated heterocycles. The van der Waals surface area contributed by atoms with Gasteiger partial charge in [-0.15, -0.1) is 0 Å². The minimum Gasteiger partial charge on any atom is -0.368 e. The summed E-state index contributed by atoms with van der Waals surface area (Å²) in [5, 5.41) is 2.68. The average Bonchev–Trinajstić information content (AvgIpc) is 2.58. The fourth-order valence-electron chi connectivity index (χ4n) is 3.57. The number of aromatic nitrogens is 1. The number of hydrogen-bond acceptors (Lipinski definition) is 4. The first-order valence-corrected chi connectivity index (χ1v) is 8.15. The Balaban J connectivity index is 1.49. The molecule has 2 aliphatic rings. The van der Waals surface area contributed by atoms with E-state index in [1.807, 2.05) is 18.5 Å². The number of likely N-dealkylation sites (N-methyl/N-ethyl adjacent to an activating group) is 1. The van der Waals surface area contributed by atoms with Crippen molar-refractivity contribution in [3.63, 3.8) is 0 Å². The van der Waals surface area contributed by atoms with Crippen LogP contribution in [0.15, 0.2) is 24.5 Å². The Morgan fingerprint density at radius 3 is 2.86 bits per heavy atom. The predicted molar refractivity (Wildman–Crippen MR) is 84.2 cm³/mol. The lowest BCUT2D eigenvalue weighted by atomic mass is 9.73. The number of nitrogens with one attached hydrogen (secondary N) is 1. The molecule has 1 amide bonds. The summed E-state index contributed by atoms with van der Waals surface area (Å²) in [6.45, 7) is 3.91. The molecule has 1 aromatic heterocycles. The van der Waals surface area contributed by atoms with E-state index in [2.05, 4.69) is 21.3 Å². The zero-order chi connectivity index (χ0) is 15.4. The van der Waals surface area contributed by atoms with Gasteiger partial charge in [-0.05, 0) is 55.8 Å². The molecule has 5 nitrogen and oxygen atoms in total. The molecular formula is C17H25N3O2. The fraction of sp³-hybridized carbons (Fsp3) is 0.647.